The van der Waals surface area contributed by atoms with Crippen LogP contribution in [0, 0.1) is 0 Å². The van der Waals surface area contributed by atoms with E-state index in [1.807, 2.05) is 42.6 Å². The molecule has 1 unspecified atom stereocenters. The van der Waals surface area contributed by atoms with Gasteiger partial charge in [-0.05, 0) is 55.5 Å². The van der Waals surface area contributed by atoms with E-state index in [2.05, 4.69) is 4.98 Å². The zero-order valence-electron chi connectivity index (χ0n) is 17.3. The standard InChI is InChI=1S/C23H22N2O4S.ClH/c1-12(2)28-23(27)29-18-9-8-17-20(16-10-11-30-21(16)22(26)25-17)19(18)15-6-4-14(5-7-15)13(3)24;/h4-13H,24H2,1-3H3,(H,25,26);1H. The highest BCUT2D eigenvalue weighted by molar-refractivity contribution is 7.17. The number of nitrogens with one attached hydrogen (secondary N) is 1. The molecule has 1 atom stereocenters. The number of fused-ring (bicyclic) bond motifs is 3. The Labute approximate surface area is 189 Å². The van der Waals surface area contributed by atoms with Gasteiger partial charge in [0.1, 0.15) is 10.4 Å². The van der Waals surface area contributed by atoms with Crippen molar-refractivity contribution in [2.75, 3.05) is 0 Å². The van der Waals surface area contributed by atoms with Crippen LogP contribution in [-0.4, -0.2) is 17.2 Å². The van der Waals surface area contributed by atoms with Crippen molar-refractivity contribution < 1.29 is 14.3 Å². The van der Waals surface area contributed by atoms with Crippen molar-refractivity contribution in [1.29, 1.82) is 0 Å². The molecule has 0 aliphatic rings. The van der Waals surface area contributed by atoms with E-state index in [0.717, 1.165) is 21.9 Å². The first-order valence-electron chi connectivity index (χ1n) is 9.65. The molecule has 0 amide bonds. The Bertz CT molecular complexity index is 1290. The fourth-order valence-electron chi connectivity index (χ4n) is 3.46. The predicted octanol–water partition coefficient (Wildman–Crippen LogP) is 5.78. The number of pyridine rings is 1. The van der Waals surface area contributed by atoms with E-state index in [1.54, 1.807) is 26.0 Å². The SMILES string of the molecule is CC(C)OC(=O)Oc1ccc2[nH]c(=O)c3sccc3c2c1-c1ccc(C(C)N)cc1.Cl. The molecule has 8 heteroatoms. The fourth-order valence-corrected chi connectivity index (χ4v) is 4.26. The quantitative estimate of drug-likeness (QED) is 0.299. The molecule has 0 spiro atoms. The lowest BCUT2D eigenvalue weighted by Crippen LogP contribution is -2.16. The topological polar surface area (TPSA) is 94.4 Å². The summed E-state index contributed by atoms with van der Waals surface area (Å²) >= 11 is 1.37. The number of halogens is 1. The third kappa shape index (κ3) is 4.44. The minimum atomic E-state index is -0.774. The molecule has 0 radical (unpaired) electrons. The Morgan fingerprint density at radius 3 is 2.42 bits per heavy atom. The maximum atomic E-state index is 12.4. The molecule has 3 N–H and O–H groups in total. The second-order valence-corrected chi connectivity index (χ2v) is 8.32. The number of hydrogen-bond donors (Lipinski definition) is 2. The summed E-state index contributed by atoms with van der Waals surface area (Å²) < 4.78 is 11.4. The van der Waals surface area contributed by atoms with Crippen LogP contribution in [0.25, 0.3) is 32.1 Å². The van der Waals surface area contributed by atoms with Crippen LogP contribution in [0.4, 0.5) is 4.79 Å². The van der Waals surface area contributed by atoms with Gasteiger partial charge in [-0.2, -0.15) is 0 Å². The molecule has 162 valence electrons. The number of ether oxygens (including phenoxy) is 2. The highest BCUT2D eigenvalue weighted by Crippen LogP contribution is 2.40. The summed E-state index contributed by atoms with van der Waals surface area (Å²) in [5.41, 5.74) is 9.07. The Kier molecular flexibility index (Phi) is 6.69. The van der Waals surface area contributed by atoms with Crippen molar-refractivity contribution in [3.63, 3.8) is 0 Å². The lowest BCUT2D eigenvalue weighted by molar-refractivity contribution is 0.0731. The van der Waals surface area contributed by atoms with E-state index in [9.17, 15) is 9.59 Å². The zero-order chi connectivity index (χ0) is 21.4. The number of aromatic nitrogens is 1. The molecule has 4 rings (SSSR count). The summed E-state index contributed by atoms with van der Waals surface area (Å²) in [5, 5.41) is 3.50. The first kappa shape index (κ1) is 22.8. The fraction of sp³-hybridized carbons (Fsp3) is 0.217. The third-order valence-corrected chi connectivity index (χ3v) is 5.72. The van der Waals surface area contributed by atoms with Gasteiger partial charge < -0.3 is 20.2 Å². The smallest absolute Gasteiger partial charge is 0.431 e. The van der Waals surface area contributed by atoms with Crippen LogP contribution in [0.15, 0.2) is 52.6 Å². The molecule has 0 aliphatic carbocycles. The Morgan fingerprint density at radius 1 is 1.06 bits per heavy atom. The van der Waals surface area contributed by atoms with Gasteiger partial charge in [0.15, 0.2) is 0 Å². The molecule has 0 fully saturated rings. The number of aromatic amines is 1. The maximum absolute atomic E-state index is 12.4. The summed E-state index contributed by atoms with van der Waals surface area (Å²) in [4.78, 5) is 27.6. The van der Waals surface area contributed by atoms with Crippen molar-refractivity contribution in [2.24, 2.45) is 5.73 Å². The highest BCUT2D eigenvalue weighted by atomic mass is 35.5. The van der Waals surface area contributed by atoms with E-state index in [0.29, 0.717) is 21.5 Å². The van der Waals surface area contributed by atoms with Crippen molar-refractivity contribution >= 4 is 50.9 Å². The summed E-state index contributed by atoms with van der Waals surface area (Å²) in [6.07, 6.45) is -1.07. The summed E-state index contributed by atoms with van der Waals surface area (Å²) in [6, 6.07) is 13.0. The number of hydrogen-bond acceptors (Lipinski definition) is 6. The molecule has 0 saturated heterocycles. The van der Waals surface area contributed by atoms with Gasteiger partial charge in [-0.1, -0.05) is 24.3 Å². The third-order valence-electron chi connectivity index (χ3n) is 4.81. The maximum Gasteiger partial charge on any atom is 0.514 e. The van der Waals surface area contributed by atoms with Crippen LogP contribution in [0.3, 0.4) is 0 Å². The molecule has 0 aliphatic heterocycles. The number of H-pyrrole nitrogens is 1. The number of benzene rings is 2. The molecular weight excluding hydrogens is 436 g/mol. The van der Waals surface area contributed by atoms with E-state index in [4.69, 9.17) is 15.2 Å². The Morgan fingerprint density at radius 2 is 1.77 bits per heavy atom. The van der Waals surface area contributed by atoms with E-state index < -0.39 is 6.16 Å². The number of carbonyl (C=O) groups excluding carboxylic acids is 1. The summed E-state index contributed by atoms with van der Waals surface area (Å²) in [7, 11) is 0. The lowest BCUT2D eigenvalue weighted by Gasteiger charge is -2.16. The van der Waals surface area contributed by atoms with E-state index in [-0.39, 0.29) is 30.1 Å². The van der Waals surface area contributed by atoms with Crippen LogP contribution >= 0.6 is 23.7 Å². The van der Waals surface area contributed by atoms with Gasteiger partial charge in [0.25, 0.3) is 5.56 Å². The summed E-state index contributed by atoms with van der Waals surface area (Å²) in [5.74, 6) is 0.362. The molecule has 4 aromatic rings. The summed E-state index contributed by atoms with van der Waals surface area (Å²) in [6.45, 7) is 5.44. The van der Waals surface area contributed by atoms with Gasteiger partial charge in [-0.15, -0.1) is 23.7 Å². The molecule has 2 aromatic carbocycles. The molecule has 0 saturated carbocycles. The monoisotopic (exact) mass is 458 g/mol. The number of thiophene rings is 1. The van der Waals surface area contributed by atoms with E-state index >= 15 is 0 Å². The van der Waals surface area contributed by atoms with Crippen LogP contribution in [-0.2, 0) is 4.74 Å². The van der Waals surface area contributed by atoms with Gasteiger partial charge >= 0.3 is 6.16 Å². The zero-order valence-corrected chi connectivity index (χ0v) is 18.9. The Hall–Kier alpha value is -2.87. The largest absolute Gasteiger partial charge is 0.514 e. The van der Waals surface area contributed by atoms with Gasteiger partial charge in [0, 0.05) is 27.9 Å². The van der Waals surface area contributed by atoms with E-state index in [1.165, 1.54) is 11.3 Å². The van der Waals surface area contributed by atoms with Gasteiger partial charge in [-0.25, -0.2) is 4.79 Å². The Balaban J connectivity index is 0.00000272. The number of nitrogens with two attached hydrogens (primary N) is 1. The van der Waals surface area contributed by atoms with Crippen LogP contribution in [0.1, 0.15) is 32.4 Å². The molecule has 6 nitrogen and oxygen atoms in total. The average molecular weight is 459 g/mol. The second-order valence-electron chi connectivity index (χ2n) is 7.41. The van der Waals surface area contributed by atoms with Crippen LogP contribution < -0.4 is 16.0 Å². The van der Waals surface area contributed by atoms with Crippen LogP contribution in [0.2, 0.25) is 0 Å². The molecule has 31 heavy (non-hydrogen) atoms. The first-order valence-corrected chi connectivity index (χ1v) is 10.5. The minimum absolute atomic E-state index is 0. The van der Waals surface area contributed by atoms with Gasteiger partial charge in [0.2, 0.25) is 0 Å². The van der Waals surface area contributed by atoms with Crippen molar-refractivity contribution in [3.8, 4) is 16.9 Å². The van der Waals surface area contributed by atoms with Crippen molar-refractivity contribution in [2.45, 2.75) is 32.9 Å². The van der Waals surface area contributed by atoms with Gasteiger partial charge in [0.05, 0.1) is 6.10 Å². The predicted molar refractivity (Wildman–Crippen MR) is 127 cm³/mol. The van der Waals surface area contributed by atoms with Crippen molar-refractivity contribution in [3.05, 3.63) is 63.8 Å². The number of carbonyl (C=O) groups is 1. The normalized spacial score (nSPS) is 12.0. The van der Waals surface area contributed by atoms with Crippen molar-refractivity contribution in [1.82, 2.24) is 4.98 Å². The molecular formula is C23H23ClN2O4S. The minimum Gasteiger partial charge on any atom is -0.431 e. The first-order chi connectivity index (χ1) is 14.3. The number of rotatable bonds is 4. The molecule has 2 heterocycles. The van der Waals surface area contributed by atoms with Crippen LogP contribution in [0.5, 0.6) is 5.75 Å². The average Bonchev–Trinajstić information content (AvgIpc) is 3.18. The lowest BCUT2D eigenvalue weighted by atomic mass is 9.96. The molecule has 2 aromatic heterocycles. The second kappa shape index (κ2) is 9.09. The van der Waals surface area contributed by atoms with Gasteiger partial charge in [-0.3, -0.25) is 4.79 Å². The molecule has 0 bridgehead atoms. The highest BCUT2D eigenvalue weighted by Gasteiger charge is 2.19.